The Labute approximate surface area is 193 Å². The van der Waals surface area contributed by atoms with Gasteiger partial charge in [-0.15, -0.1) is 0 Å². The van der Waals surface area contributed by atoms with Gasteiger partial charge in [0.05, 0.1) is 38.2 Å². The van der Waals surface area contributed by atoms with E-state index in [1.165, 1.54) is 6.34 Å². The van der Waals surface area contributed by atoms with E-state index in [1.807, 2.05) is 27.7 Å². The van der Waals surface area contributed by atoms with Crippen LogP contribution in [0.4, 0.5) is 5.69 Å². The number of morpholine rings is 1. The molecule has 9 heteroatoms. The highest BCUT2D eigenvalue weighted by Gasteiger charge is 2.20. The van der Waals surface area contributed by atoms with Crippen LogP contribution in [0.2, 0.25) is 0 Å². The summed E-state index contributed by atoms with van der Waals surface area (Å²) in [6, 6.07) is 5.28. The van der Waals surface area contributed by atoms with Crippen LogP contribution in [0, 0.1) is 5.41 Å². The summed E-state index contributed by atoms with van der Waals surface area (Å²) in [7, 11) is 3.29. The normalized spacial score (nSPS) is 17.6. The number of nitrogen functional groups attached to an aromatic ring is 1. The highest BCUT2D eigenvalue weighted by molar-refractivity contribution is 6.04. The molecule has 0 spiro atoms. The van der Waals surface area contributed by atoms with Gasteiger partial charge in [-0.05, 0) is 32.0 Å². The third kappa shape index (κ3) is 9.33. The Kier molecular flexibility index (Phi) is 13.2. The second-order valence-corrected chi connectivity index (χ2v) is 7.14. The number of rotatable bonds is 10. The molecule has 32 heavy (non-hydrogen) atoms. The van der Waals surface area contributed by atoms with Crippen molar-refractivity contribution in [3.63, 3.8) is 0 Å². The first kappa shape index (κ1) is 27.5. The molecule has 1 heterocycles. The molecule has 1 aromatic carbocycles. The summed E-state index contributed by atoms with van der Waals surface area (Å²) < 4.78 is 21.7. The average Bonchev–Trinajstić information content (AvgIpc) is 2.79. The first-order valence-corrected chi connectivity index (χ1v) is 11.0. The van der Waals surface area contributed by atoms with E-state index in [9.17, 15) is 0 Å². The number of benzene rings is 1. The number of nitrogens with one attached hydrogen (secondary N) is 1. The van der Waals surface area contributed by atoms with Crippen molar-refractivity contribution in [3.05, 3.63) is 23.8 Å². The fourth-order valence-electron chi connectivity index (χ4n) is 3.09. The van der Waals surface area contributed by atoms with Gasteiger partial charge in [0.15, 0.2) is 0 Å². The number of hydrogen-bond acceptors (Lipinski definition) is 7. The molecule has 0 radical (unpaired) electrons. The zero-order chi connectivity index (χ0) is 23.9. The van der Waals surface area contributed by atoms with Crippen LogP contribution in [0.5, 0.6) is 5.75 Å². The molecule has 2 rings (SSSR count). The van der Waals surface area contributed by atoms with Crippen molar-refractivity contribution in [1.29, 1.82) is 5.41 Å². The fraction of sp³-hybridized carbons (Fsp3) is 0.609. The molecule has 182 valence electrons. The largest absolute Gasteiger partial charge is 0.488 e. The summed E-state index contributed by atoms with van der Waals surface area (Å²) in [6.07, 6.45) is 1.43. The maximum Gasteiger partial charge on any atom is 0.120 e. The molecule has 0 bridgehead atoms. The summed E-state index contributed by atoms with van der Waals surface area (Å²) in [4.78, 5) is 10.8. The minimum absolute atomic E-state index is 0. The topological polar surface area (TPSA) is 115 Å². The van der Waals surface area contributed by atoms with E-state index in [2.05, 4.69) is 14.9 Å². The fourth-order valence-corrected chi connectivity index (χ4v) is 3.09. The lowest BCUT2D eigenvalue weighted by Gasteiger charge is -2.33. The van der Waals surface area contributed by atoms with Crippen molar-refractivity contribution < 1.29 is 20.4 Å². The Morgan fingerprint density at radius 2 is 2.12 bits per heavy atom. The van der Waals surface area contributed by atoms with Gasteiger partial charge in [0.25, 0.3) is 0 Å². The van der Waals surface area contributed by atoms with Crippen LogP contribution in [0.1, 0.15) is 34.7 Å². The maximum atomic E-state index is 8.32. The van der Waals surface area contributed by atoms with Crippen LogP contribution >= 0.6 is 0 Å². The minimum atomic E-state index is -0.0975. The van der Waals surface area contributed by atoms with Gasteiger partial charge in [0, 0.05) is 40.0 Å². The monoisotopic (exact) mass is 451 g/mol. The van der Waals surface area contributed by atoms with E-state index in [0.29, 0.717) is 42.5 Å². The standard InChI is InChI=1S/C21H33N5O4.C2H6.H2/c1-15(12-27-3)30-17-5-6-20(22)19(9-17)21(23)10-24-14-25-16(2)26-7-8-29-18(11-26)13-28-4;1-2;/h5-6,9,14-15,18,23H,7-8,10-13,22H2,1-4H3;1-2H3;1H/t15-,18?;;/m0../s1. The molecule has 0 saturated carbocycles. The average molecular weight is 452 g/mol. The summed E-state index contributed by atoms with van der Waals surface area (Å²) >= 11 is 0. The predicted octanol–water partition coefficient (Wildman–Crippen LogP) is 3.12. The number of nitrogens with two attached hydrogens (primary N) is 1. The van der Waals surface area contributed by atoms with Gasteiger partial charge in [0.2, 0.25) is 0 Å². The van der Waals surface area contributed by atoms with Crippen molar-refractivity contribution in [3.8, 4) is 5.75 Å². The molecule has 1 unspecified atom stereocenters. The van der Waals surface area contributed by atoms with Gasteiger partial charge >= 0.3 is 0 Å². The third-order valence-corrected chi connectivity index (χ3v) is 4.61. The van der Waals surface area contributed by atoms with Crippen LogP contribution in [0.25, 0.3) is 0 Å². The Balaban J connectivity index is 0.00000332. The van der Waals surface area contributed by atoms with Crippen LogP contribution < -0.4 is 10.5 Å². The quantitative estimate of drug-likeness (QED) is 0.321. The van der Waals surface area contributed by atoms with Gasteiger partial charge in [-0.25, -0.2) is 4.99 Å². The SMILES string of the molecule is CC.COCC1CN(C(C)=NC=NCC(=N)c2cc(O[C@@H](C)COC)ccc2N)CCO1.[HH]. The number of hydrogen-bond donors (Lipinski definition) is 2. The van der Waals surface area contributed by atoms with Gasteiger partial charge < -0.3 is 35.0 Å². The smallest absolute Gasteiger partial charge is 0.120 e. The highest BCUT2D eigenvalue weighted by atomic mass is 16.5. The van der Waals surface area contributed by atoms with E-state index in [-0.39, 0.29) is 20.2 Å². The first-order valence-electron chi connectivity index (χ1n) is 11.0. The summed E-state index contributed by atoms with van der Waals surface area (Å²) in [5, 5.41) is 8.32. The summed E-state index contributed by atoms with van der Waals surface area (Å²) in [6.45, 7) is 11.2. The number of ether oxygens (including phenoxy) is 4. The van der Waals surface area contributed by atoms with E-state index in [0.717, 1.165) is 18.9 Å². The molecule has 2 atom stereocenters. The van der Waals surface area contributed by atoms with E-state index < -0.39 is 0 Å². The van der Waals surface area contributed by atoms with Crippen molar-refractivity contribution in [2.24, 2.45) is 9.98 Å². The number of nitrogens with zero attached hydrogens (tertiary/aromatic N) is 3. The number of aliphatic imine (C=N–C) groups is 2. The van der Waals surface area contributed by atoms with E-state index >= 15 is 0 Å². The number of anilines is 1. The highest BCUT2D eigenvalue weighted by Crippen LogP contribution is 2.21. The molecule has 3 N–H and O–H groups in total. The second kappa shape index (κ2) is 15.3. The lowest BCUT2D eigenvalue weighted by Crippen LogP contribution is -2.46. The van der Waals surface area contributed by atoms with Crippen molar-refractivity contribution in [1.82, 2.24) is 4.90 Å². The van der Waals surface area contributed by atoms with Crippen molar-refractivity contribution >= 4 is 23.6 Å². The number of amidine groups is 1. The molecule has 1 fully saturated rings. The molecule has 1 aliphatic heterocycles. The molecule has 0 aromatic heterocycles. The first-order chi connectivity index (χ1) is 15.4. The molecule has 0 amide bonds. The molecule has 1 aromatic rings. The Hall–Kier alpha value is -2.49. The van der Waals surface area contributed by atoms with Crippen LogP contribution in [0.3, 0.4) is 0 Å². The lowest BCUT2D eigenvalue weighted by atomic mass is 10.1. The Morgan fingerprint density at radius 1 is 1.38 bits per heavy atom. The van der Waals surface area contributed by atoms with Crippen molar-refractivity contribution in [2.45, 2.75) is 39.9 Å². The maximum absolute atomic E-state index is 8.32. The van der Waals surface area contributed by atoms with Gasteiger partial charge in [-0.3, -0.25) is 4.99 Å². The van der Waals surface area contributed by atoms with Gasteiger partial charge in [-0.1, -0.05) is 13.8 Å². The van der Waals surface area contributed by atoms with Crippen LogP contribution in [-0.4, -0.2) is 88.7 Å². The number of methoxy groups -OCH3 is 2. The molecule has 1 saturated heterocycles. The van der Waals surface area contributed by atoms with Crippen LogP contribution in [-0.2, 0) is 14.2 Å². The van der Waals surface area contributed by atoms with E-state index in [1.54, 1.807) is 32.4 Å². The zero-order valence-corrected chi connectivity index (χ0v) is 20.3. The lowest BCUT2D eigenvalue weighted by molar-refractivity contribution is -0.0440. The van der Waals surface area contributed by atoms with Gasteiger partial charge in [0.1, 0.15) is 24.0 Å². The molecule has 9 nitrogen and oxygen atoms in total. The second-order valence-electron chi connectivity index (χ2n) is 7.14. The molecular weight excluding hydrogens is 410 g/mol. The third-order valence-electron chi connectivity index (χ3n) is 4.61. The summed E-state index contributed by atoms with van der Waals surface area (Å²) in [5.74, 6) is 1.50. The molecular formula is C23H41N5O4. The Bertz CT molecular complexity index is 758. The van der Waals surface area contributed by atoms with Crippen LogP contribution in [0.15, 0.2) is 28.2 Å². The van der Waals surface area contributed by atoms with E-state index in [4.69, 9.17) is 30.1 Å². The van der Waals surface area contributed by atoms with Crippen molar-refractivity contribution in [2.75, 3.05) is 59.4 Å². The zero-order valence-electron chi connectivity index (χ0n) is 20.3. The molecule has 0 aliphatic carbocycles. The summed E-state index contributed by atoms with van der Waals surface area (Å²) in [5.41, 5.74) is 7.45. The predicted molar refractivity (Wildman–Crippen MR) is 133 cm³/mol. The van der Waals surface area contributed by atoms with Gasteiger partial charge in [-0.2, -0.15) is 0 Å². The Morgan fingerprint density at radius 3 is 2.81 bits per heavy atom. The minimum Gasteiger partial charge on any atom is -0.488 e. The molecule has 1 aliphatic rings.